The summed E-state index contributed by atoms with van der Waals surface area (Å²) in [5.74, 6) is 0. The lowest BCUT2D eigenvalue weighted by Crippen LogP contribution is -2.33. The van der Waals surface area contributed by atoms with Crippen molar-refractivity contribution in [3.05, 3.63) is 59.9 Å². The molecule has 0 unspecified atom stereocenters. The van der Waals surface area contributed by atoms with Crippen molar-refractivity contribution in [3.8, 4) is 0 Å². The molecule has 0 saturated heterocycles. The standard InChI is InChI=1S/C18H30N2O.C7H8O3S/c1-2-3-4-5-6-7-8-9-10-11-14-20-15-12-13-18(17-20)16-19-21;1-6-2-4-7(5-3-6)11(8,9)10/h12-13,15-17H,2-11,14H2,1H3;2-5H,1H3,(H,8,9,10)/b19-16-;. The lowest BCUT2D eigenvalue weighted by Gasteiger charge is -2.05. The molecule has 0 radical (unpaired) electrons. The van der Waals surface area contributed by atoms with E-state index in [4.69, 9.17) is 5.21 Å². The third-order valence-corrected chi connectivity index (χ3v) is 6.02. The quantitative estimate of drug-likeness (QED) is 0.105. The SMILES string of the molecule is CCCCCCCCCCCC[n+]1cccc(/C=N\O)c1.Cc1ccc(S(=O)(=O)[O-])cc1. The van der Waals surface area contributed by atoms with E-state index in [1.54, 1.807) is 12.1 Å². The minimum Gasteiger partial charge on any atom is -0.744 e. The van der Waals surface area contributed by atoms with Crippen LogP contribution in [0, 0.1) is 6.92 Å². The van der Waals surface area contributed by atoms with E-state index in [-0.39, 0.29) is 4.90 Å². The van der Waals surface area contributed by atoms with Crippen molar-refractivity contribution in [3.63, 3.8) is 0 Å². The predicted octanol–water partition coefficient (Wildman–Crippen LogP) is 5.60. The molecule has 6 nitrogen and oxygen atoms in total. The van der Waals surface area contributed by atoms with Crippen molar-refractivity contribution in [2.24, 2.45) is 5.16 Å². The van der Waals surface area contributed by atoms with Gasteiger partial charge < -0.3 is 9.76 Å². The van der Waals surface area contributed by atoms with Crippen LogP contribution in [-0.4, -0.2) is 24.4 Å². The summed E-state index contributed by atoms with van der Waals surface area (Å²) in [7, 11) is -4.27. The Morgan fingerprint density at radius 2 is 1.50 bits per heavy atom. The molecular weight excluding hydrogens is 424 g/mol. The Balaban J connectivity index is 0.000000389. The number of nitrogens with zero attached hydrogens (tertiary/aromatic N) is 2. The molecule has 0 aliphatic heterocycles. The van der Waals surface area contributed by atoms with Crippen molar-refractivity contribution in [2.45, 2.75) is 89.5 Å². The number of rotatable bonds is 13. The maximum absolute atomic E-state index is 10.4. The Morgan fingerprint density at radius 1 is 0.938 bits per heavy atom. The lowest BCUT2D eigenvalue weighted by atomic mass is 10.1. The zero-order chi connectivity index (χ0) is 23.7. The van der Waals surface area contributed by atoms with E-state index >= 15 is 0 Å². The van der Waals surface area contributed by atoms with Gasteiger partial charge in [0.25, 0.3) is 0 Å². The number of hydrogen-bond donors (Lipinski definition) is 1. The average molecular weight is 463 g/mol. The molecule has 2 aromatic rings. The van der Waals surface area contributed by atoms with E-state index in [1.165, 1.54) is 82.6 Å². The van der Waals surface area contributed by atoms with Gasteiger partial charge in [-0.3, -0.25) is 0 Å². The molecule has 0 aliphatic carbocycles. The summed E-state index contributed by atoms with van der Waals surface area (Å²) in [6.07, 6.45) is 19.2. The summed E-state index contributed by atoms with van der Waals surface area (Å²) < 4.78 is 33.3. The summed E-state index contributed by atoms with van der Waals surface area (Å²) in [6, 6.07) is 9.72. The average Bonchev–Trinajstić information content (AvgIpc) is 2.76. The monoisotopic (exact) mass is 462 g/mol. The van der Waals surface area contributed by atoms with Crippen LogP contribution in [0.25, 0.3) is 0 Å². The fourth-order valence-electron chi connectivity index (χ4n) is 3.31. The largest absolute Gasteiger partial charge is 0.744 e. The molecule has 7 heteroatoms. The first-order valence-electron chi connectivity index (χ1n) is 11.6. The van der Waals surface area contributed by atoms with Gasteiger partial charge in [0.1, 0.15) is 16.7 Å². The van der Waals surface area contributed by atoms with Crippen LogP contribution in [0.15, 0.2) is 58.8 Å². The Hall–Kier alpha value is -2.25. The zero-order valence-corrected chi connectivity index (χ0v) is 20.3. The number of hydrogen-bond acceptors (Lipinski definition) is 5. The van der Waals surface area contributed by atoms with Gasteiger partial charge in [-0.05, 0) is 31.5 Å². The second kappa shape index (κ2) is 16.4. The molecule has 0 bridgehead atoms. The fraction of sp³-hybridized carbons (Fsp3) is 0.520. The molecule has 0 atom stereocenters. The van der Waals surface area contributed by atoms with E-state index in [2.05, 4.69) is 22.8 Å². The van der Waals surface area contributed by atoms with Crippen molar-refractivity contribution in [1.29, 1.82) is 0 Å². The van der Waals surface area contributed by atoms with Crippen LogP contribution in [0.1, 0.15) is 82.3 Å². The van der Waals surface area contributed by atoms with Crippen molar-refractivity contribution in [1.82, 2.24) is 0 Å². The van der Waals surface area contributed by atoms with Gasteiger partial charge in [0, 0.05) is 12.5 Å². The number of unbranched alkanes of at least 4 members (excludes halogenated alkanes) is 9. The maximum atomic E-state index is 10.4. The van der Waals surface area contributed by atoms with Gasteiger partial charge in [0.05, 0.1) is 16.7 Å². The summed E-state index contributed by atoms with van der Waals surface area (Å²) in [5.41, 5.74) is 1.87. The van der Waals surface area contributed by atoms with E-state index in [9.17, 15) is 13.0 Å². The summed E-state index contributed by atoms with van der Waals surface area (Å²) in [6.45, 7) is 5.13. The molecule has 0 amide bonds. The van der Waals surface area contributed by atoms with Crippen molar-refractivity contribution in [2.75, 3.05) is 0 Å². The van der Waals surface area contributed by atoms with Crippen LogP contribution in [0.5, 0.6) is 0 Å². The molecule has 32 heavy (non-hydrogen) atoms. The number of oxime groups is 1. The fourth-order valence-corrected chi connectivity index (χ4v) is 3.78. The van der Waals surface area contributed by atoms with Gasteiger partial charge in [-0.1, -0.05) is 81.1 Å². The second-order valence-electron chi connectivity index (χ2n) is 8.07. The first kappa shape index (κ1) is 27.8. The van der Waals surface area contributed by atoms with Crippen LogP contribution in [0.2, 0.25) is 0 Å². The Kier molecular flexibility index (Phi) is 14.2. The third kappa shape index (κ3) is 13.2. The van der Waals surface area contributed by atoms with Crippen LogP contribution < -0.4 is 4.57 Å². The zero-order valence-electron chi connectivity index (χ0n) is 19.4. The van der Waals surface area contributed by atoms with E-state index in [0.717, 1.165) is 17.7 Å². The van der Waals surface area contributed by atoms with Gasteiger partial charge in [0.2, 0.25) is 0 Å². The lowest BCUT2D eigenvalue weighted by molar-refractivity contribution is -0.697. The van der Waals surface area contributed by atoms with Crippen LogP contribution in [-0.2, 0) is 16.7 Å². The third-order valence-electron chi connectivity index (χ3n) is 5.17. The maximum Gasteiger partial charge on any atom is 0.177 e. The molecule has 1 aromatic heterocycles. The van der Waals surface area contributed by atoms with Crippen molar-refractivity contribution >= 4 is 16.3 Å². The first-order valence-corrected chi connectivity index (χ1v) is 13.0. The molecule has 0 aliphatic rings. The van der Waals surface area contributed by atoms with Crippen LogP contribution in [0.3, 0.4) is 0 Å². The van der Waals surface area contributed by atoms with Crippen molar-refractivity contribution < 1.29 is 22.7 Å². The highest BCUT2D eigenvalue weighted by Crippen LogP contribution is 2.10. The number of aromatic nitrogens is 1. The molecule has 0 spiro atoms. The Morgan fingerprint density at radius 3 is 2.03 bits per heavy atom. The molecule has 0 fully saturated rings. The topological polar surface area (TPSA) is 93.7 Å². The normalized spacial score (nSPS) is 11.3. The minimum atomic E-state index is -4.27. The molecule has 1 N–H and O–H groups in total. The highest BCUT2D eigenvalue weighted by atomic mass is 32.2. The summed E-state index contributed by atoms with van der Waals surface area (Å²) in [4.78, 5) is -0.178. The minimum absolute atomic E-state index is 0.178. The number of aryl methyl sites for hydroxylation is 2. The Labute approximate surface area is 193 Å². The second-order valence-corrected chi connectivity index (χ2v) is 9.45. The highest BCUT2D eigenvalue weighted by Gasteiger charge is 2.01. The van der Waals surface area contributed by atoms with Gasteiger partial charge in [-0.25, -0.2) is 13.0 Å². The van der Waals surface area contributed by atoms with E-state index < -0.39 is 10.1 Å². The Bertz CT molecular complexity index is 881. The molecule has 2 rings (SSSR count). The molecule has 1 heterocycles. The summed E-state index contributed by atoms with van der Waals surface area (Å²) in [5, 5.41) is 11.6. The molecule has 0 saturated carbocycles. The van der Waals surface area contributed by atoms with Gasteiger partial charge in [0.15, 0.2) is 12.4 Å². The number of benzene rings is 1. The highest BCUT2D eigenvalue weighted by molar-refractivity contribution is 7.85. The van der Waals surface area contributed by atoms with Gasteiger partial charge in [-0.2, -0.15) is 0 Å². The molecular formula is C25H38N2O4S. The van der Waals surface area contributed by atoms with Gasteiger partial charge >= 0.3 is 0 Å². The first-order chi connectivity index (χ1) is 15.4. The van der Waals surface area contributed by atoms with Crippen LogP contribution >= 0.6 is 0 Å². The smallest absolute Gasteiger partial charge is 0.177 e. The summed E-state index contributed by atoms with van der Waals surface area (Å²) >= 11 is 0. The molecule has 178 valence electrons. The predicted molar refractivity (Wildman–Crippen MR) is 127 cm³/mol. The van der Waals surface area contributed by atoms with Gasteiger partial charge in [-0.15, -0.1) is 0 Å². The number of pyridine rings is 1. The van der Waals surface area contributed by atoms with Crippen LogP contribution in [0.4, 0.5) is 0 Å². The van der Waals surface area contributed by atoms with E-state index in [1.807, 2.05) is 25.3 Å². The molecule has 1 aromatic carbocycles. The van der Waals surface area contributed by atoms with E-state index in [0.29, 0.717) is 0 Å².